The molecule has 0 saturated carbocycles. The van der Waals surface area contributed by atoms with E-state index in [1.165, 1.54) is 0 Å². The van der Waals surface area contributed by atoms with Gasteiger partial charge in [0.25, 0.3) is 0 Å². The predicted molar refractivity (Wildman–Crippen MR) is 82.8 cm³/mol. The third-order valence-corrected chi connectivity index (χ3v) is 6.70. The molecular formula is C12H16Br2N2O2S. The quantitative estimate of drug-likeness (QED) is 0.803. The van der Waals surface area contributed by atoms with Gasteiger partial charge in [-0.1, -0.05) is 15.9 Å². The molecule has 0 aromatic heterocycles. The van der Waals surface area contributed by atoms with Crippen molar-refractivity contribution < 1.29 is 8.42 Å². The van der Waals surface area contributed by atoms with Crippen molar-refractivity contribution in [2.75, 3.05) is 13.1 Å². The van der Waals surface area contributed by atoms with Crippen LogP contribution >= 0.6 is 31.9 Å². The maximum atomic E-state index is 12.5. The first-order chi connectivity index (χ1) is 8.73. The number of hydrogen-bond acceptors (Lipinski definition) is 3. The van der Waals surface area contributed by atoms with Gasteiger partial charge in [0.1, 0.15) is 0 Å². The third kappa shape index (κ3) is 3.39. The predicted octanol–water partition coefficient (Wildman–Crippen LogP) is 2.55. The topological polar surface area (TPSA) is 58.2 Å². The zero-order valence-corrected chi connectivity index (χ0v) is 14.7. The Morgan fingerprint density at radius 3 is 2.58 bits per heavy atom. The summed E-state index contributed by atoms with van der Waals surface area (Å²) in [5.74, 6) is 0. The normalized spacial score (nSPS) is 23.8. The first kappa shape index (κ1) is 15.4. The summed E-state index contributed by atoms with van der Waals surface area (Å²) >= 11 is 6.70. The van der Waals surface area contributed by atoms with Crippen LogP contribution in [0.1, 0.15) is 18.9 Å². The van der Waals surface area contributed by atoms with Crippen LogP contribution in [0.2, 0.25) is 0 Å². The van der Waals surface area contributed by atoms with Gasteiger partial charge in [0.15, 0.2) is 0 Å². The van der Waals surface area contributed by atoms with E-state index in [2.05, 4.69) is 41.9 Å². The summed E-state index contributed by atoms with van der Waals surface area (Å²) in [7, 11) is -3.54. The Morgan fingerprint density at radius 1 is 1.32 bits per heavy atom. The fourth-order valence-electron chi connectivity index (χ4n) is 2.12. The largest absolute Gasteiger partial charge is 0.315 e. The van der Waals surface area contributed by atoms with Gasteiger partial charge in [-0.05, 0) is 60.4 Å². The molecule has 1 aliphatic heterocycles. The number of sulfonamides is 1. The summed E-state index contributed by atoms with van der Waals surface area (Å²) in [6, 6.07) is 3.43. The first-order valence-corrected chi connectivity index (χ1v) is 9.01. The van der Waals surface area contributed by atoms with Gasteiger partial charge in [0, 0.05) is 21.0 Å². The average molecular weight is 412 g/mol. The van der Waals surface area contributed by atoms with E-state index in [9.17, 15) is 8.42 Å². The van der Waals surface area contributed by atoms with E-state index < -0.39 is 15.6 Å². The molecule has 0 bridgehead atoms. The van der Waals surface area contributed by atoms with Gasteiger partial charge in [0.05, 0.1) is 4.90 Å². The van der Waals surface area contributed by atoms with Crippen LogP contribution in [0.3, 0.4) is 0 Å². The summed E-state index contributed by atoms with van der Waals surface area (Å²) in [6.45, 7) is 5.32. The van der Waals surface area contributed by atoms with Crippen LogP contribution in [0.5, 0.6) is 0 Å². The van der Waals surface area contributed by atoms with E-state index in [1.54, 1.807) is 12.1 Å². The molecule has 1 aromatic rings. The molecule has 7 heteroatoms. The Bertz CT molecular complexity index is 596. The maximum Gasteiger partial charge on any atom is 0.242 e. The molecule has 1 aliphatic rings. The second-order valence-corrected chi connectivity index (χ2v) is 8.48. The molecule has 0 amide bonds. The molecule has 19 heavy (non-hydrogen) atoms. The zero-order valence-electron chi connectivity index (χ0n) is 10.8. The molecule has 1 aromatic carbocycles. The van der Waals surface area contributed by atoms with Crippen molar-refractivity contribution in [2.45, 2.75) is 30.7 Å². The van der Waals surface area contributed by atoms with E-state index in [4.69, 9.17) is 0 Å². The second kappa shape index (κ2) is 5.44. The smallest absolute Gasteiger partial charge is 0.242 e. The maximum absolute atomic E-state index is 12.5. The lowest BCUT2D eigenvalue weighted by molar-refractivity contribution is 0.452. The van der Waals surface area contributed by atoms with Crippen LogP contribution in [0.25, 0.3) is 0 Å². The Labute approximate surface area is 130 Å². The van der Waals surface area contributed by atoms with Gasteiger partial charge < -0.3 is 5.32 Å². The van der Waals surface area contributed by atoms with Crippen molar-refractivity contribution in [1.82, 2.24) is 10.0 Å². The fourth-order valence-corrected chi connectivity index (χ4v) is 5.23. The van der Waals surface area contributed by atoms with Gasteiger partial charge in [-0.2, -0.15) is 0 Å². The molecule has 1 atom stereocenters. The molecule has 4 nitrogen and oxygen atoms in total. The number of benzene rings is 1. The Balaban J connectivity index is 2.37. The standard InChI is InChI=1S/C12H16Br2N2O2S/c1-8-5-10(14)11(6-9(8)13)19(17,18)16-12(2)3-4-15-7-12/h5-6,15-16H,3-4,7H2,1-2H3. The number of rotatable bonds is 3. The second-order valence-electron chi connectivity index (χ2n) is 5.12. The number of nitrogens with one attached hydrogen (secondary N) is 2. The summed E-state index contributed by atoms with van der Waals surface area (Å²) in [5, 5.41) is 3.17. The Kier molecular flexibility index (Phi) is 4.42. The molecule has 1 saturated heterocycles. The number of hydrogen-bond donors (Lipinski definition) is 2. The van der Waals surface area contributed by atoms with E-state index in [-0.39, 0.29) is 4.90 Å². The molecule has 0 aliphatic carbocycles. The minimum absolute atomic E-state index is 0.262. The highest BCUT2D eigenvalue weighted by Gasteiger charge is 2.34. The van der Waals surface area contributed by atoms with Crippen LogP contribution < -0.4 is 10.0 Å². The van der Waals surface area contributed by atoms with Crippen molar-refractivity contribution in [2.24, 2.45) is 0 Å². The van der Waals surface area contributed by atoms with Crippen molar-refractivity contribution in [3.63, 3.8) is 0 Å². The molecule has 1 unspecified atom stereocenters. The van der Waals surface area contributed by atoms with E-state index in [0.717, 1.165) is 23.0 Å². The van der Waals surface area contributed by atoms with E-state index >= 15 is 0 Å². The van der Waals surface area contributed by atoms with Gasteiger partial charge in [-0.25, -0.2) is 13.1 Å². The first-order valence-electron chi connectivity index (χ1n) is 5.94. The minimum atomic E-state index is -3.54. The lowest BCUT2D eigenvalue weighted by atomic mass is 10.0. The van der Waals surface area contributed by atoms with Crippen LogP contribution in [-0.4, -0.2) is 27.0 Å². The summed E-state index contributed by atoms with van der Waals surface area (Å²) in [4.78, 5) is 0.262. The molecule has 2 N–H and O–H groups in total. The highest BCUT2D eigenvalue weighted by Crippen LogP contribution is 2.30. The molecule has 106 valence electrons. The molecular weight excluding hydrogens is 396 g/mol. The van der Waals surface area contributed by atoms with Crippen molar-refractivity contribution in [3.8, 4) is 0 Å². The van der Waals surface area contributed by atoms with Gasteiger partial charge in [-0.15, -0.1) is 0 Å². The number of aryl methyl sites for hydroxylation is 1. The zero-order chi connectivity index (χ0) is 14.3. The van der Waals surface area contributed by atoms with Crippen LogP contribution in [0.4, 0.5) is 0 Å². The summed E-state index contributed by atoms with van der Waals surface area (Å²) < 4.78 is 29.1. The molecule has 0 radical (unpaired) electrons. The molecule has 1 heterocycles. The van der Waals surface area contributed by atoms with Gasteiger partial charge in [-0.3, -0.25) is 0 Å². The van der Waals surface area contributed by atoms with E-state index in [0.29, 0.717) is 11.0 Å². The van der Waals surface area contributed by atoms with Crippen molar-refractivity contribution in [1.29, 1.82) is 0 Å². The number of halogens is 2. The Hall–Kier alpha value is 0.0500. The van der Waals surface area contributed by atoms with Gasteiger partial charge >= 0.3 is 0 Å². The van der Waals surface area contributed by atoms with Crippen molar-refractivity contribution >= 4 is 41.9 Å². The SMILES string of the molecule is Cc1cc(Br)c(S(=O)(=O)NC2(C)CCNC2)cc1Br. The lowest BCUT2D eigenvalue weighted by Gasteiger charge is -2.24. The average Bonchev–Trinajstić information content (AvgIpc) is 2.68. The lowest BCUT2D eigenvalue weighted by Crippen LogP contribution is -2.47. The Morgan fingerprint density at radius 2 is 2.00 bits per heavy atom. The molecule has 1 fully saturated rings. The van der Waals surface area contributed by atoms with Crippen LogP contribution in [0.15, 0.2) is 26.0 Å². The molecule has 0 spiro atoms. The highest BCUT2D eigenvalue weighted by atomic mass is 79.9. The van der Waals surface area contributed by atoms with E-state index in [1.807, 2.05) is 13.8 Å². The minimum Gasteiger partial charge on any atom is -0.315 e. The fraction of sp³-hybridized carbons (Fsp3) is 0.500. The summed E-state index contributed by atoms with van der Waals surface area (Å²) in [5.41, 5.74) is 0.565. The van der Waals surface area contributed by atoms with Crippen LogP contribution in [0, 0.1) is 6.92 Å². The molecule has 2 rings (SSSR count). The van der Waals surface area contributed by atoms with Crippen molar-refractivity contribution in [3.05, 3.63) is 26.6 Å². The monoisotopic (exact) mass is 410 g/mol. The third-order valence-electron chi connectivity index (χ3n) is 3.25. The highest BCUT2D eigenvalue weighted by molar-refractivity contribution is 9.11. The summed E-state index contributed by atoms with van der Waals surface area (Å²) in [6.07, 6.45) is 0.789. The van der Waals surface area contributed by atoms with Gasteiger partial charge in [0.2, 0.25) is 10.0 Å². The van der Waals surface area contributed by atoms with Crippen LogP contribution in [-0.2, 0) is 10.0 Å².